The van der Waals surface area contributed by atoms with Crippen LogP contribution >= 0.6 is 24.8 Å². The zero-order valence-electron chi connectivity index (χ0n) is 6.91. The van der Waals surface area contributed by atoms with Crippen molar-refractivity contribution < 1.29 is 10.3 Å². The largest absolute Gasteiger partial charge is 0.412 e. The molecular formula is C7H17Cl2NO2. The molecule has 0 spiro atoms. The first kappa shape index (κ1) is 17.9. The lowest BCUT2D eigenvalue weighted by Crippen LogP contribution is -2.24. The summed E-state index contributed by atoms with van der Waals surface area (Å²) in [7, 11) is 0. The Hall–Kier alpha value is 0.01000. The van der Waals surface area contributed by atoms with Gasteiger partial charge in [0, 0.05) is 5.92 Å². The number of hydrogen-bond acceptors (Lipinski definition) is 1. The Balaban J connectivity index is -0.000000270. The van der Waals surface area contributed by atoms with Crippen molar-refractivity contribution in [1.82, 2.24) is 0 Å². The van der Waals surface area contributed by atoms with Crippen molar-refractivity contribution in [2.45, 2.75) is 32.1 Å². The Morgan fingerprint density at radius 1 is 1.08 bits per heavy atom. The molecule has 5 heteroatoms. The van der Waals surface area contributed by atoms with Crippen LogP contribution in [0.2, 0.25) is 0 Å². The molecule has 0 aromatic rings. The molecule has 0 heterocycles. The van der Waals surface area contributed by atoms with E-state index in [0.29, 0.717) is 0 Å². The van der Waals surface area contributed by atoms with Gasteiger partial charge in [-0.15, -0.1) is 24.8 Å². The van der Waals surface area contributed by atoms with E-state index in [2.05, 4.69) is 0 Å². The molecular weight excluding hydrogens is 201 g/mol. The number of rotatable bonds is 1. The normalized spacial score (nSPS) is 16.3. The standard InChI is InChI=1S/C7H13NO.2ClH.H2O/c8-7(9)6-4-2-1-3-5-6;;;/h6H,1-5H2,(H2,8,9);2*1H;1H2. The molecule has 0 aromatic carbocycles. The number of carbonyl (C=O) groups excluding carboxylic acids is 1. The van der Waals surface area contributed by atoms with Crippen molar-refractivity contribution in [3.63, 3.8) is 0 Å². The van der Waals surface area contributed by atoms with Crippen molar-refractivity contribution in [3.05, 3.63) is 0 Å². The van der Waals surface area contributed by atoms with E-state index < -0.39 is 0 Å². The summed E-state index contributed by atoms with van der Waals surface area (Å²) >= 11 is 0. The molecule has 1 aliphatic rings. The minimum atomic E-state index is -0.102. The van der Waals surface area contributed by atoms with Gasteiger partial charge in [-0.2, -0.15) is 0 Å². The molecule has 1 fully saturated rings. The number of amides is 1. The van der Waals surface area contributed by atoms with E-state index in [9.17, 15) is 4.79 Å². The maximum absolute atomic E-state index is 10.6. The zero-order valence-corrected chi connectivity index (χ0v) is 8.55. The summed E-state index contributed by atoms with van der Waals surface area (Å²) in [6.07, 6.45) is 5.70. The second kappa shape index (κ2) is 9.10. The van der Waals surface area contributed by atoms with E-state index in [1.807, 2.05) is 0 Å². The van der Waals surface area contributed by atoms with Crippen molar-refractivity contribution in [3.8, 4) is 0 Å². The molecule has 76 valence electrons. The van der Waals surface area contributed by atoms with Crippen LogP contribution in [0, 0.1) is 5.92 Å². The fraction of sp³-hybridized carbons (Fsp3) is 0.857. The summed E-state index contributed by atoms with van der Waals surface area (Å²) < 4.78 is 0. The summed E-state index contributed by atoms with van der Waals surface area (Å²) in [6.45, 7) is 0. The number of nitrogens with two attached hydrogens (primary N) is 1. The first-order chi connectivity index (χ1) is 4.30. The van der Waals surface area contributed by atoms with E-state index in [-0.39, 0.29) is 42.1 Å². The molecule has 0 atom stereocenters. The maximum atomic E-state index is 10.6. The van der Waals surface area contributed by atoms with Crippen LogP contribution < -0.4 is 5.73 Å². The highest BCUT2D eigenvalue weighted by atomic mass is 35.5. The lowest BCUT2D eigenvalue weighted by atomic mass is 9.89. The molecule has 1 aliphatic carbocycles. The molecule has 0 saturated heterocycles. The molecule has 3 nitrogen and oxygen atoms in total. The molecule has 0 aromatic heterocycles. The van der Waals surface area contributed by atoms with Crippen molar-refractivity contribution in [2.24, 2.45) is 11.7 Å². The molecule has 1 rings (SSSR count). The summed E-state index contributed by atoms with van der Waals surface area (Å²) in [5.74, 6) is 0.0912. The van der Waals surface area contributed by atoms with Gasteiger partial charge in [0.2, 0.25) is 5.91 Å². The predicted molar refractivity (Wildman–Crippen MR) is 53.9 cm³/mol. The SMILES string of the molecule is Cl.Cl.NC(=O)C1CCCCC1.O. The van der Waals surface area contributed by atoms with Crippen LogP contribution in [0.1, 0.15) is 32.1 Å². The minimum Gasteiger partial charge on any atom is -0.412 e. The number of hydrogen-bond donors (Lipinski definition) is 1. The number of primary amides is 1. The highest BCUT2D eigenvalue weighted by molar-refractivity contribution is 5.85. The van der Waals surface area contributed by atoms with E-state index >= 15 is 0 Å². The van der Waals surface area contributed by atoms with Crippen LogP contribution in [-0.4, -0.2) is 11.4 Å². The van der Waals surface area contributed by atoms with Crippen LogP contribution in [0.3, 0.4) is 0 Å². The maximum Gasteiger partial charge on any atom is 0.220 e. The summed E-state index contributed by atoms with van der Waals surface area (Å²) in [4.78, 5) is 10.6. The second-order valence-electron chi connectivity index (χ2n) is 2.74. The Labute approximate surface area is 85.2 Å². The van der Waals surface area contributed by atoms with Crippen molar-refractivity contribution >= 4 is 30.7 Å². The van der Waals surface area contributed by atoms with Crippen LogP contribution in [0.5, 0.6) is 0 Å². The average Bonchev–Trinajstić information content (AvgIpc) is 1.90. The molecule has 12 heavy (non-hydrogen) atoms. The van der Waals surface area contributed by atoms with Crippen LogP contribution in [0.15, 0.2) is 0 Å². The van der Waals surface area contributed by atoms with E-state index in [1.54, 1.807) is 0 Å². The third kappa shape index (κ3) is 5.63. The van der Waals surface area contributed by atoms with Gasteiger partial charge in [0.1, 0.15) is 0 Å². The Kier molecular flexibility index (Phi) is 13.6. The summed E-state index contributed by atoms with van der Waals surface area (Å²) in [6, 6.07) is 0. The van der Waals surface area contributed by atoms with Gasteiger partial charge in [-0.25, -0.2) is 0 Å². The molecule has 1 saturated carbocycles. The quantitative estimate of drug-likeness (QED) is 0.702. The van der Waals surface area contributed by atoms with Gasteiger partial charge in [0.15, 0.2) is 0 Å². The van der Waals surface area contributed by atoms with E-state index in [4.69, 9.17) is 5.73 Å². The molecule has 1 amide bonds. The molecule has 0 aliphatic heterocycles. The third-order valence-electron chi connectivity index (χ3n) is 2.01. The van der Waals surface area contributed by atoms with Gasteiger partial charge < -0.3 is 11.2 Å². The lowest BCUT2D eigenvalue weighted by Gasteiger charge is -2.17. The van der Waals surface area contributed by atoms with Crippen molar-refractivity contribution in [1.29, 1.82) is 0 Å². The van der Waals surface area contributed by atoms with Gasteiger partial charge in [-0.05, 0) is 12.8 Å². The van der Waals surface area contributed by atoms with Gasteiger partial charge in [-0.3, -0.25) is 4.79 Å². The molecule has 0 radical (unpaired) electrons. The highest BCUT2D eigenvalue weighted by Crippen LogP contribution is 2.22. The first-order valence-corrected chi connectivity index (χ1v) is 3.60. The summed E-state index contributed by atoms with van der Waals surface area (Å²) in [5, 5.41) is 0. The van der Waals surface area contributed by atoms with Gasteiger partial charge in [-0.1, -0.05) is 19.3 Å². The van der Waals surface area contributed by atoms with E-state index in [1.165, 1.54) is 19.3 Å². The Bertz CT molecular complexity index is 116. The zero-order chi connectivity index (χ0) is 6.69. The smallest absolute Gasteiger partial charge is 0.220 e. The van der Waals surface area contributed by atoms with Crippen molar-refractivity contribution in [2.75, 3.05) is 0 Å². The average molecular weight is 218 g/mol. The lowest BCUT2D eigenvalue weighted by molar-refractivity contribution is -0.122. The van der Waals surface area contributed by atoms with Crippen LogP contribution in [0.4, 0.5) is 0 Å². The fourth-order valence-electron chi connectivity index (χ4n) is 1.39. The fourth-order valence-corrected chi connectivity index (χ4v) is 1.39. The van der Waals surface area contributed by atoms with Crippen LogP contribution in [0.25, 0.3) is 0 Å². The predicted octanol–water partition coefficient (Wildman–Crippen LogP) is 1.07. The third-order valence-corrected chi connectivity index (χ3v) is 2.01. The second-order valence-corrected chi connectivity index (χ2v) is 2.74. The molecule has 0 unspecified atom stereocenters. The van der Waals surface area contributed by atoms with Gasteiger partial charge in [0.05, 0.1) is 0 Å². The van der Waals surface area contributed by atoms with E-state index in [0.717, 1.165) is 12.8 Å². The van der Waals surface area contributed by atoms with Gasteiger partial charge in [0.25, 0.3) is 0 Å². The topological polar surface area (TPSA) is 74.6 Å². The number of halogens is 2. The first-order valence-electron chi connectivity index (χ1n) is 3.60. The summed E-state index contributed by atoms with van der Waals surface area (Å²) in [5.41, 5.74) is 5.13. The monoisotopic (exact) mass is 217 g/mol. The van der Waals surface area contributed by atoms with Gasteiger partial charge >= 0.3 is 0 Å². The highest BCUT2D eigenvalue weighted by Gasteiger charge is 2.17. The Morgan fingerprint density at radius 3 is 1.75 bits per heavy atom. The van der Waals surface area contributed by atoms with Crippen LogP contribution in [-0.2, 0) is 4.79 Å². The Morgan fingerprint density at radius 2 is 1.50 bits per heavy atom. The number of carbonyl (C=O) groups is 1. The molecule has 4 N–H and O–H groups in total. The minimum absolute atomic E-state index is 0. The molecule has 0 bridgehead atoms.